The van der Waals surface area contributed by atoms with Crippen LogP contribution in [0, 0.1) is 12.8 Å². The molecule has 1 heterocycles. The number of aromatic nitrogens is 1. The molecule has 11 heteroatoms. The van der Waals surface area contributed by atoms with Crippen molar-refractivity contribution in [1.29, 1.82) is 0 Å². The lowest BCUT2D eigenvalue weighted by Crippen LogP contribution is -2.46. The molecule has 0 aliphatic carbocycles. The van der Waals surface area contributed by atoms with E-state index in [0.29, 0.717) is 5.56 Å². The number of ketones is 1. The third-order valence-corrected chi connectivity index (χ3v) is 5.51. The number of carbonyl (C=O) groups is 4. The zero-order valence-electron chi connectivity index (χ0n) is 22.1. The number of ether oxygens (including phenoxy) is 2. The highest BCUT2D eigenvalue weighted by Crippen LogP contribution is 2.30. The van der Waals surface area contributed by atoms with E-state index in [9.17, 15) is 29.4 Å². The molecule has 0 aliphatic rings. The van der Waals surface area contributed by atoms with Crippen molar-refractivity contribution in [2.24, 2.45) is 5.92 Å². The highest BCUT2D eigenvalue weighted by molar-refractivity contribution is 6.05. The molecule has 0 bridgehead atoms. The van der Waals surface area contributed by atoms with E-state index >= 15 is 0 Å². The summed E-state index contributed by atoms with van der Waals surface area (Å²) in [5, 5.41) is 25.2. The lowest BCUT2D eigenvalue weighted by Gasteiger charge is -2.25. The van der Waals surface area contributed by atoms with Gasteiger partial charge in [-0.3, -0.25) is 14.6 Å². The van der Waals surface area contributed by atoms with Gasteiger partial charge in [0.05, 0.1) is 36.7 Å². The van der Waals surface area contributed by atoms with E-state index in [4.69, 9.17) is 9.47 Å². The number of nitrogens with one attached hydrogen (secondary N) is 3. The molecule has 1 aromatic carbocycles. The van der Waals surface area contributed by atoms with E-state index in [1.54, 1.807) is 46.8 Å². The molecular weight excluding hydrogens is 482 g/mol. The Morgan fingerprint density at radius 1 is 1.05 bits per heavy atom. The molecule has 0 fully saturated rings. The molecule has 0 saturated carbocycles. The van der Waals surface area contributed by atoms with E-state index in [1.165, 1.54) is 26.2 Å². The van der Waals surface area contributed by atoms with Crippen LogP contribution in [0.2, 0.25) is 0 Å². The van der Waals surface area contributed by atoms with Crippen molar-refractivity contribution in [3.8, 4) is 11.8 Å². The first kappa shape index (κ1) is 29.2. The van der Waals surface area contributed by atoms with Crippen molar-refractivity contribution >= 4 is 23.8 Å². The number of methoxy groups -OCH3 is 1. The Kier molecular flexibility index (Phi) is 9.32. The summed E-state index contributed by atoms with van der Waals surface area (Å²) >= 11 is 0. The molecule has 37 heavy (non-hydrogen) atoms. The first-order valence-corrected chi connectivity index (χ1v) is 11.8. The zero-order valence-corrected chi connectivity index (χ0v) is 22.1. The van der Waals surface area contributed by atoms with Crippen LogP contribution >= 0.6 is 0 Å². The molecule has 1 aromatic heterocycles. The predicted molar refractivity (Wildman–Crippen MR) is 134 cm³/mol. The average Bonchev–Trinajstić information content (AvgIpc) is 3.05. The lowest BCUT2D eigenvalue weighted by atomic mass is 9.93. The third kappa shape index (κ3) is 7.73. The molecule has 2 rings (SSSR count). The minimum absolute atomic E-state index is 0.120. The van der Waals surface area contributed by atoms with Crippen molar-refractivity contribution in [2.45, 2.75) is 65.6 Å². The molecule has 2 amide bonds. The minimum atomic E-state index is -1.03. The quantitative estimate of drug-likeness (QED) is 0.249. The number of esters is 1. The number of aromatic hydroxyl groups is 2. The molecular formula is C26H35N3O8. The van der Waals surface area contributed by atoms with Crippen molar-refractivity contribution in [3.05, 3.63) is 46.5 Å². The van der Waals surface area contributed by atoms with Crippen LogP contribution in [0.5, 0.6) is 11.8 Å². The van der Waals surface area contributed by atoms with Crippen molar-refractivity contribution < 1.29 is 38.9 Å². The Morgan fingerprint density at radius 2 is 1.70 bits per heavy atom. The number of H-pyrrole nitrogens is 1. The van der Waals surface area contributed by atoms with Crippen LogP contribution in [0.15, 0.2) is 24.3 Å². The second-order valence-electron chi connectivity index (χ2n) is 10.00. The maximum Gasteiger partial charge on any atom is 0.408 e. The van der Waals surface area contributed by atoms with Gasteiger partial charge in [0.2, 0.25) is 11.8 Å². The van der Waals surface area contributed by atoms with Gasteiger partial charge < -0.3 is 30.3 Å². The second kappa shape index (κ2) is 11.8. The average molecular weight is 518 g/mol. The molecule has 202 valence electrons. The first-order chi connectivity index (χ1) is 17.1. The molecule has 0 spiro atoms. The van der Waals surface area contributed by atoms with Gasteiger partial charge in [-0.2, -0.15) is 0 Å². The van der Waals surface area contributed by atoms with Crippen LogP contribution in [-0.2, 0) is 14.3 Å². The number of rotatable bonds is 9. The van der Waals surface area contributed by atoms with E-state index in [-0.39, 0.29) is 34.9 Å². The topological polar surface area (TPSA) is 167 Å². The normalized spacial score (nSPS) is 13.0. The fraction of sp³-hybridized carbons (Fsp3) is 0.462. The summed E-state index contributed by atoms with van der Waals surface area (Å²) in [6.45, 7) is 9.99. The van der Waals surface area contributed by atoms with Crippen LogP contribution in [-0.4, -0.2) is 57.7 Å². The Balaban J connectivity index is 2.32. The molecule has 0 unspecified atom stereocenters. The van der Waals surface area contributed by atoms with Gasteiger partial charge in [-0.15, -0.1) is 0 Å². The Morgan fingerprint density at radius 3 is 2.22 bits per heavy atom. The maximum absolute atomic E-state index is 13.2. The first-order valence-electron chi connectivity index (χ1n) is 11.8. The van der Waals surface area contributed by atoms with Gasteiger partial charge in [-0.25, -0.2) is 9.59 Å². The maximum atomic E-state index is 13.2. The largest absolute Gasteiger partial charge is 0.494 e. The molecule has 11 nitrogen and oxygen atoms in total. The van der Waals surface area contributed by atoms with Gasteiger partial charge >= 0.3 is 12.1 Å². The molecule has 2 atom stereocenters. The summed E-state index contributed by atoms with van der Waals surface area (Å²) in [5.74, 6) is -2.96. The highest BCUT2D eigenvalue weighted by atomic mass is 16.6. The molecule has 0 saturated heterocycles. The van der Waals surface area contributed by atoms with Crippen molar-refractivity contribution in [2.75, 3.05) is 7.11 Å². The minimum Gasteiger partial charge on any atom is -0.494 e. The van der Waals surface area contributed by atoms with Crippen LogP contribution < -0.4 is 10.6 Å². The molecule has 2 aromatic rings. The Bertz CT molecular complexity index is 1160. The van der Waals surface area contributed by atoms with Gasteiger partial charge in [0.25, 0.3) is 0 Å². The monoisotopic (exact) mass is 517 g/mol. The number of hydrogen-bond donors (Lipinski definition) is 5. The number of aromatic amines is 1. The fourth-order valence-electron chi connectivity index (χ4n) is 3.68. The van der Waals surface area contributed by atoms with Crippen LogP contribution in [0.3, 0.4) is 0 Å². The number of Topliss-reactive ketones (excluding diaryl/α,β-unsaturated/α-hetero) is 1. The second-order valence-corrected chi connectivity index (χ2v) is 10.00. The fourth-order valence-corrected chi connectivity index (χ4v) is 3.68. The molecule has 0 radical (unpaired) electrons. The Hall–Kier alpha value is -4.02. The SMILES string of the molecule is COC(=O)c1cccc([C@H](CC(=O)N[C@H](C(=O)c2c(O)[nH]c(O)c2C)C(C)C)NC(=O)OC(C)(C)C)c1. The highest BCUT2D eigenvalue weighted by Gasteiger charge is 2.32. The summed E-state index contributed by atoms with van der Waals surface area (Å²) in [6.07, 6.45) is -1.06. The summed E-state index contributed by atoms with van der Waals surface area (Å²) in [6, 6.07) is 4.32. The zero-order chi connectivity index (χ0) is 28.1. The number of carbonyl (C=O) groups excluding carboxylic acids is 4. The number of hydrogen-bond acceptors (Lipinski definition) is 8. The number of alkyl carbamates (subject to hydrolysis) is 1. The van der Waals surface area contributed by atoms with Gasteiger partial charge in [0.1, 0.15) is 5.60 Å². The summed E-state index contributed by atoms with van der Waals surface area (Å²) in [4.78, 5) is 53.1. The third-order valence-electron chi connectivity index (χ3n) is 5.51. The number of amides is 2. The lowest BCUT2D eigenvalue weighted by molar-refractivity contribution is -0.122. The van der Waals surface area contributed by atoms with E-state index in [1.807, 2.05) is 0 Å². The number of benzene rings is 1. The Labute approximate surface area is 215 Å². The molecule has 5 N–H and O–H groups in total. The predicted octanol–water partition coefficient (Wildman–Crippen LogP) is 3.50. The smallest absolute Gasteiger partial charge is 0.408 e. The van der Waals surface area contributed by atoms with Crippen molar-refractivity contribution in [3.63, 3.8) is 0 Å². The summed E-state index contributed by atoms with van der Waals surface area (Å²) in [7, 11) is 1.24. The summed E-state index contributed by atoms with van der Waals surface area (Å²) in [5.41, 5.74) is -0.0792. The van der Waals surface area contributed by atoms with Crippen molar-refractivity contribution in [1.82, 2.24) is 15.6 Å². The summed E-state index contributed by atoms with van der Waals surface area (Å²) < 4.78 is 10.1. The van der Waals surface area contributed by atoms with Crippen LogP contribution in [0.25, 0.3) is 0 Å². The van der Waals surface area contributed by atoms with Gasteiger partial charge in [0, 0.05) is 5.56 Å². The standard InChI is InChI=1S/C26H35N3O8/c1-13(2)20(21(31)19-14(3)22(32)29-23(19)33)28-18(30)12-17(27-25(35)37-26(4,5)6)15-9-8-10-16(11-15)24(34)36-7/h8-11,13,17,20,29,32-33H,12H2,1-7H3,(H,27,35)(H,28,30)/t17-,20-/m0/s1. The van der Waals surface area contributed by atoms with E-state index in [0.717, 1.165) is 0 Å². The van der Waals surface area contributed by atoms with E-state index in [2.05, 4.69) is 15.6 Å². The van der Waals surface area contributed by atoms with E-state index < -0.39 is 47.3 Å². The van der Waals surface area contributed by atoms with Gasteiger partial charge in [0.15, 0.2) is 11.7 Å². The van der Waals surface area contributed by atoms with Gasteiger partial charge in [-0.1, -0.05) is 26.0 Å². The van der Waals surface area contributed by atoms with Crippen LogP contribution in [0.4, 0.5) is 4.79 Å². The molecule has 0 aliphatic heterocycles. The van der Waals surface area contributed by atoms with Crippen LogP contribution in [0.1, 0.15) is 78.9 Å². The van der Waals surface area contributed by atoms with Gasteiger partial charge in [-0.05, 0) is 51.3 Å².